The smallest absolute Gasteiger partial charge is 0.339 e. The van der Waals surface area contributed by atoms with Crippen molar-refractivity contribution in [3.05, 3.63) is 39.2 Å². The van der Waals surface area contributed by atoms with Gasteiger partial charge in [0.1, 0.15) is 17.9 Å². The van der Waals surface area contributed by atoms with Crippen molar-refractivity contribution >= 4 is 11.0 Å². The minimum absolute atomic E-state index is 0.198. The molecule has 0 amide bonds. The van der Waals surface area contributed by atoms with Gasteiger partial charge >= 0.3 is 5.63 Å². The van der Waals surface area contributed by atoms with Crippen LogP contribution in [0, 0.1) is 18.8 Å². The normalized spacial score (nSPS) is 29.5. The fourth-order valence-corrected chi connectivity index (χ4v) is 5.90. The van der Waals surface area contributed by atoms with Crippen molar-refractivity contribution in [3.63, 3.8) is 0 Å². The lowest BCUT2D eigenvalue weighted by Crippen LogP contribution is -2.38. The zero-order valence-electron chi connectivity index (χ0n) is 18.5. The summed E-state index contributed by atoms with van der Waals surface area (Å²) in [5, 5.41) is 21.0. The number of likely N-dealkylation sites (tertiary alicyclic amines) is 1. The Hall–Kier alpha value is -1.89. The molecule has 1 aromatic heterocycles. The molecular weight excluding hydrogens is 394 g/mol. The van der Waals surface area contributed by atoms with Gasteiger partial charge in [-0.3, -0.25) is 4.90 Å². The topological polar surface area (TPSA) is 83.1 Å². The molecule has 1 aromatic carbocycles. The van der Waals surface area contributed by atoms with E-state index in [0.717, 1.165) is 66.6 Å². The summed E-state index contributed by atoms with van der Waals surface area (Å²) < 4.78 is 12.1. The molecule has 2 aliphatic carbocycles. The Bertz CT molecular complexity index is 1010. The number of benzene rings is 1. The summed E-state index contributed by atoms with van der Waals surface area (Å²) in [4.78, 5) is 14.9. The van der Waals surface area contributed by atoms with Crippen LogP contribution in [0.15, 0.2) is 21.3 Å². The molecule has 6 nitrogen and oxygen atoms in total. The average Bonchev–Trinajstić information content (AvgIpc) is 3.14. The highest BCUT2D eigenvalue weighted by Crippen LogP contribution is 2.38. The highest BCUT2D eigenvalue weighted by Gasteiger charge is 2.42. The molecule has 31 heavy (non-hydrogen) atoms. The first-order chi connectivity index (χ1) is 14.9. The largest absolute Gasteiger partial charge is 0.491 e. The van der Waals surface area contributed by atoms with Gasteiger partial charge in [0, 0.05) is 24.7 Å². The zero-order chi connectivity index (χ0) is 21.7. The van der Waals surface area contributed by atoms with Crippen molar-refractivity contribution in [1.82, 2.24) is 4.90 Å². The molecule has 6 heteroatoms. The van der Waals surface area contributed by atoms with E-state index in [1.807, 2.05) is 13.0 Å². The van der Waals surface area contributed by atoms with Gasteiger partial charge < -0.3 is 19.4 Å². The maximum Gasteiger partial charge on any atom is 0.339 e. The Kier molecular flexibility index (Phi) is 5.57. The molecule has 1 aliphatic heterocycles. The van der Waals surface area contributed by atoms with Gasteiger partial charge in [0.25, 0.3) is 0 Å². The minimum atomic E-state index is -0.591. The summed E-state index contributed by atoms with van der Waals surface area (Å²) in [6.45, 7) is 6.61. The molecule has 5 atom stereocenters. The van der Waals surface area contributed by atoms with Crippen LogP contribution in [0.25, 0.3) is 11.0 Å². The van der Waals surface area contributed by atoms with Crippen LogP contribution in [0.5, 0.6) is 5.75 Å². The van der Waals surface area contributed by atoms with E-state index in [-0.39, 0.29) is 11.7 Å². The highest BCUT2D eigenvalue weighted by molar-refractivity contribution is 5.88. The predicted octanol–water partition coefficient (Wildman–Crippen LogP) is 2.81. The van der Waals surface area contributed by atoms with Crippen LogP contribution in [-0.4, -0.2) is 53.1 Å². The molecular formula is C25H33NO5. The van der Waals surface area contributed by atoms with E-state index in [4.69, 9.17) is 9.15 Å². The van der Waals surface area contributed by atoms with Crippen LogP contribution in [0.4, 0.5) is 0 Å². The van der Waals surface area contributed by atoms with Crippen LogP contribution in [0.2, 0.25) is 0 Å². The zero-order valence-corrected chi connectivity index (χ0v) is 18.5. The molecule has 168 valence electrons. The molecule has 2 N–H and O–H groups in total. The monoisotopic (exact) mass is 427 g/mol. The fraction of sp³-hybridized carbons (Fsp3) is 0.640. The first kappa shape index (κ1) is 21.0. The Morgan fingerprint density at radius 2 is 1.74 bits per heavy atom. The lowest BCUT2D eigenvalue weighted by molar-refractivity contribution is -0.0372. The van der Waals surface area contributed by atoms with Gasteiger partial charge in [-0.1, -0.05) is 0 Å². The summed E-state index contributed by atoms with van der Waals surface area (Å²) in [7, 11) is 0. The Labute approximate surface area is 182 Å². The van der Waals surface area contributed by atoms with Gasteiger partial charge in [0.05, 0.1) is 17.6 Å². The fourth-order valence-electron chi connectivity index (χ4n) is 5.90. The van der Waals surface area contributed by atoms with Crippen molar-refractivity contribution in [3.8, 4) is 5.75 Å². The first-order valence-corrected chi connectivity index (χ1v) is 11.7. The van der Waals surface area contributed by atoms with Crippen molar-refractivity contribution in [1.29, 1.82) is 0 Å². The van der Waals surface area contributed by atoms with Gasteiger partial charge in [-0.05, 0) is 87.5 Å². The minimum Gasteiger partial charge on any atom is -0.491 e. The Balaban J connectivity index is 1.36. The van der Waals surface area contributed by atoms with Gasteiger partial charge in [0.15, 0.2) is 0 Å². The summed E-state index contributed by atoms with van der Waals surface area (Å²) in [5.74, 6) is 1.70. The lowest BCUT2D eigenvalue weighted by Gasteiger charge is -2.32. The van der Waals surface area contributed by atoms with Crippen molar-refractivity contribution in [2.24, 2.45) is 11.8 Å². The maximum absolute atomic E-state index is 12.5. The molecule has 2 heterocycles. The van der Waals surface area contributed by atoms with Crippen LogP contribution in [-0.2, 0) is 12.8 Å². The van der Waals surface area contributed by atoms with E-state index in [9.17, 15) is 15.0 Å². The van der Waals surface area contributed by atoms with Crippen LogP contribution >= 0.6 is 0 Å². The molecule has 1 unspecified atom stereocenters. The molecule has 0 radical (unpaired) electrons. The molecule has 2 aromatic rings. The second-order valence-electron chi connectivity index (χ2n) is 9.93. The standard InChI is InChI=1S/C25H33NO5/c1-14-7-22(24-18-5-3-4-6-19(18)25(29)31-23(24)8-14)30-13-15(2)26-11-16-9-20(27)21(28)10-17(16)12-26/h7-8,15-17,20-21,27-28H,3-6,9-13H2,1-2H3/t15?,16-,17+,20+,21-. The van der Waals surface area contributed by atoms with E-state index < -0.39 is 12.2 Å². The molecule has 1 saturated heterocycles. The maximum atomic E-state index is 12.5. The molecule has 0 spiro atoms. The number of hydrogen-bond acceptors (Lipinski definition) is 6. The Morgan fingerprint density at radius 3 is 2.42 bits per heavy atom. The molecule has 3 aliphatic rings. The second kappa shape index (κ2) is 8.23. The number of nitrogens with zero attached hydrogens (tertiary/aromatic N) is 1. The third-order valence-corrected chi connectivity index (χ3v) is 7.67. The van der Waals surface area contributed by atoms with Gasteiger partial charge in [-0.15, -0.1) is 0 Å². The van der Waals surface area contributed by atoms with Gasteiger partial charge in [-0.2, -0.15) is 0 Å². The number of rotatable bonds is 4. The second-order valence-corrected chi connectivity index (χ2v) is 9.93. The van der Waals surface area contributed by atoms with E-state index in [0.29, 0.717) is 36.9 Å². The number of ether oxygens (including phenoxy) is 1. The number of aliphatic hydroxyl groups excluding tert-OH is 2. The summed E-state index contributed by atoms with van der Waals surface area (Å²) in [5.41, 5.74) is 3.38. The summed E-state index contributed by atoms with van der Waals surface area (Å²) in [6, 6.07) is 4.21. The van der Waals surface area contributed by atoms with E-state index in [2.05, 4.69) is 17.9 Å². The van der Waals surface area contributed by atoms with Crippen LogP contribution in [0.1, 0.15) is 49.3 Å². The van der Waals surface area contributed by atoms with Crippen LogP contribution < -0.4 is 10.4 Å². The number of aryl methyl sites for hydroxylation is 2. The lowest BCUT2D eigenvalue weighted by atomic mass is 9.79. The quantitative estimate of drug-likeness (QED) is 0.730. The SMILES string of the molecule is Cc1cc(OCC(C)N2C[C@H]3C[C@H](O)[C@H](O)C[C@H]3C2)c2c3c(c(=O)oc2c1)CCCC3. The van der Waals surface area contributed by atoms with Crippen molar-refractivity contribution in [2.75, 3.05) is 19.7 Å². The summed E-state index contributed by atoms with van der Waals surface area (Å²) >= 11 is 0. The van der Waals surface area contributed by atoms with E-state index >= 15 is 0 Å². The van der Waals surface area contributed by atoms with Crippen molar-refractivity contribution in [2.45, 2.75) is 70.6 Å². The van der Waals surface area contributed by atoms with Gasteiger partial charge in [-0.25, -0.2) is 4.79 Å². The first-order valence-electron chi connectivity index (χ1n) is 11.7. The van der Waals surface area contributed by atoms with Crippen LogP contribution in [0.3, 0.4) is 0 Å². The highest BCUT2D eigenvalue weighted by atomic mass is 16.5. The number of fused-ring (bicyclic) bond motifs is 4. The third kappa shape index (κ3) is 3.90. The number of aliphatic hydroxyl groups is 2. The van der Waals surface area contributed by atoms with Crippen molar-refractivity contribution < 1.29 is 19.4 Å². The molecule has 5 rings (SSSR count). The van der Waals surface area contributed by atoms with E-state index in [1.54, 1.807) is 0 Å². The number of hydrogen-bond donors (Lipinski definition) is 2. The average molecular weight is 428 g/mol. The van der Waals surface area contributed by atoms with E-state index in [1.165, 1.54) is 0 Å². The molecule has 1 saturated carbocycles. The molecule has 0 bridgehead atoms. The predicted molar refractivity (Wildman–Crippen MR) is 119 cm³/mol. The third-order valence-electron chi connectivity index (χ3n) is 7.67. The summed E-state index contributed by atoms with van der Waals surface area (Å²) in [6.07, 6.45) is 3.98. The van der Waals surface area contributed by atoms with Gasteiger partial charge in [0.2, 0.25) is 0 Å². The Morgan fingerprint density at radius 1 is 1.10 bits per heavy atom. The molecule has 2 fully saturated rings.